The summed E-state index contributed by atoms with van der Waals surface area (Å²) in [4.78, 5) is 2.16. The quantitative estimate of drug-likeness (QED) is 0.607. The number of hydrogen-bond acceptors (Lipinski definition) is 2. The molecule has 0 radical (unpaired) electrons. The largest absolute Gasteiger partial charge is 0.343 e. The molecule has 0 saturated carbocycles. The number of halogens is 3. The fourth-order valence-corrected chi connectivity index (χ4v) is 4.92. The van der Waals surface area contributed by atoms with Gasteiger partial charge < -0.3 is 4.90 Å². The lowest BCUT2D eigenvalue weighted by atomic mass is 9.88. The summed E-state index contributed by atoms with van der Waals surface area (Å²) in [5.41, 5.74) is 5.58. The van der Waals surface area contributed by atoms with Gasteiger partial charge in [0.2, 0.25) is 0 Å². The summed E-state index contributed by atoms with van der Waals surface area (Å²) < 4.78 is 29.6. The molecule has 0 amide bonds. The van der Waals surface area contributed by atoms with Crippen LogP contribution in [0.2, 0.25) is 0 Å². The van der Waals surface area contributed by atoms with Gasteiger partial charge in [-0.25, -0.2) is 8.78 Å². The number of alkyl halides is 2. The van der Waals surface area contributed by atoms with E-state index in [9.17, 15) is 8.78 Å². The van der Waals surface area contributed by atoms with Crippen molar-refractivity contribution < 1.29 is 8.78 Å². The molecule has 0 saturated heterocycles. The van der Waals surface area contributed by atoms with Gasteiger partial charge in [0, 0.05) is 48.2 Å². The minimum Gasteiger partial charge on any atom is -0.343 e. The van der Waals surface area contributed by atoms with Crippen LogP contribution in [0.5, 0.6) is 0 Å². The van der Waals surface area contributed by atoms with Gasteiger partial charge in [0.25, 0.3) is 6.43 Å². The molecule has 0 N–H and O–H groups in total. The number of fused-ring (bicyclic) bond motifs is 1. The van der Waals surface area contributed by atoms with E-state index in [0.717, 1.165) is 53.4 Å². The number of aromatic nitrogens is 2. The second-order valence-electron chi connectivity index (χ2n) is 7.86. The Labute approximate surface area is 169 Å². The molecule has 1 unspecified atom stereocenters. The fourth-order valence-electron chi connectivity index (χ4n) is 4.45. The molecular weight excluding hydrogens is 380 g/mol. The molecule has 1 atom stereocenters. The average molecular weight is 404 g/mol. The Hall–Kier alpha value is -2.14. The zero-order chi connectivity index (χ0) is 20.0. The van der Waals surface area contributed by atoms with E-state index in [0.29, 0.717) is 5.56 Å². The van der Waals surface area contributed by atoms with Crippen molar-refractivity contribution in [1.82, 2.24) is 9.78 Å². The number of aryl methyl sites for hydroxylation is 2. The highest BCUT2D eigenvalue weighted by molar-refractivity contribution is 6.32. The molecule has 4 rings (SSSR count). The highest BCUT2D eigenvalue weighted by Gasteiger charge is 2.29. The first kappa shape index (κ1) is 19.2. The maximum absolute atomic E-state index is 14.0. The molecule has 0 spiro atoms. The Morgan fingerprint density at radius 2 is 2.07 bits per heavy atom. The first-order valence-electron chi connectivity index (χ1n) is 9.63. The monoisotopic (exact) mass is 403 g/mol. The predicted molar refractivity (Wildman–Crippen MR) is 110 cm³/mol. The van der Waals surface area contributed by atoms with Crippen LogP contribution in [0.25, 0.3) is 11.1 Å². The van der Waals surface area contributed by atoms with Crippen molar-refractivity contribution in [3.8, 4) is 11.1 Å². The second kappa shape index (κ2) is 7.36. The number of hydrogen-bond donors (Lipinski definition) is 0. The van der Waals surface area contributed by atoms with E-state index in [-0.39, 0.29) is 11.5 Å². The summed E-state index contributed by atoms with van der Waals surface area (Å²) in [6.07, 6.45) is 5.65. The predicted octanol–water partition coefficient (Wildman–Crippen LogP) is 6.21. The summed E-state index contributed by atoms with van der Waals surface area (Å²) in [6, 6.07) is 3.58. The lowest BCUT2D eigenvalue weighted by molar-refractivity contribution is 0.152. The van der Waals surface area contributed by atoms with E-state index in [1.54, 1.807) is 30.2 Å². The zero-order valence-electron chi connectivity index (χ0n) is 16.3. The van der Waals surface area contributed by atoms with Crippen molar-refractivity contribution in [1.29, 1.82) is 0 Å². The molecule has 28 heavy (non-hydrogen) atoms. The standard InChI is InChI=1S/C22H24ClF2N3/c1-13-7-14(2)21(19(23)8-13)28-6-4-5-15-9-17(16-11-26-27(3)12-16)18(22(24)25)10-20(15)28/h8-12,14,22H,4-7H2,1-3H3. The van der Waals surface area contributed by atoms with E-state index in [1.165, 1.54) is 5.57 Å². The third-order valence-corrected chi connectivity index (χ3v) is 5.93. The van der Waals surface area contributed by atoms with Gasteiger partial charge in [-0.3, -0.25) is 4.68 Å². The molecule has 1 aliphatic carbocycles. The number of rotatable bonds is 3. The first-order chi connectivity index (χ1) is 13.3. The lowest BCUT2D eigenvalue weighted by Gasteiger charge is -2.38. The van der Waals surface area contributed by atoms with Crippen molar-refractivity contribution in [3.63, 3.8) is 0 Å². The van der Waals surface area contributed by atoms with Crippen molar-refractivity contribution in [2.45, 2.75) is 39.5 Å². The first-order valence-corrected chi connectivity index (χ1v) is 10.0. The average Bonchev–Trinajstić information content (AvgIpc) is 3.06. The number of benzene rings is 1. The smallest absolute Gasteiger partial charge is 0.264 e. The highest BCUT2D eigenvalue weighted by atomic mass is 35.5. The Bertz CT molecular complexity index is 974. The molecule has 6 heteroatoms. The van der Waals surface area contributed by atoms with Gasteiger partial charge in [-0.05, 0) is 55.5 Å². The van der Waals surface area contributed by atoms with E-state index < -0.39 is 6.43 Å². The van der Waals surface area contributed by atoms with Gasteiger partial charge in [-0.1, -0.05) is 24.1 Å². The summed E-state index contributed by atoms with van der Waals surface area (Å²) in [5.74, 6) is 0.261. The highest BCUT2D eigenvalue weighted by Crippen LogP contribution is 2.43. The lowest BCUT2D eigenvalue weighted by Crippen LogP contribution is -2.33. The maximum Gasteiger partial charge on any atom is 0.264 e. The normalized spacial score (nSPS) is 19.9. The summed E-state index contributed by atoms with van der Waals surface area (Å²) in [7, 11) is 1.79. The van der Waals surface area contributed by atoms with Gasteiger partial charge in [0.05, 0.1) is 11.2 Å². The molecule has 2 aromatic rings. The van der Waals surface area contributed by atoms with Crippen molar-refractivity contribution >= 4 is 17.3 Å². The van der Waals surface area contributed by atoms with Gasteiger partial charge >= 0.3 is 0 Å². The van der Waals surface area contributed by atoms with Crippen LogP contribution in [0.3, 0.4) is 0 Å². The van der Waals surface area contributed by atoms with Gasteiger partial charge in [0.1, 0.15) is 0 Å². The zero-order valence-corrected chi connectivity index (χ0v) is 17.1. The van der Waals surface area contributed by atoms with E-state index in [1.807, 2.05) is 12.1 Å². The van der Waals surface area contributed by atoms with Gasteiger partial charge in [-0.15, -0.1) is 0 Å². The van der Waals surface area contributed by atoms with Crippen LogP contribution in [0, 0.1) is 5.92 Å². The molecule has 2 heterocycles. The molecule has 1 aliphatic heterocycles. The Balaban J connectivity index is 1.86. The Morgan fingerprint density at radius 1 is 1.29 bits per heavy atom. The van der Waals surface area contributed by atoms with Crippen LogP contribution in [-0.2, 0) is 13.5 Å². The summed E-state index contributed by atoms with van der Waals surface area (Å²) in [5, 5.41) is 4.87. The Morgan fingerprint density at radius 3 is 2.71 bits per heavy atom. The topological polar surface area (TPSA) is 21.1 Å². The van der Waals surface area contributed by atoms with Crippen molar-refractivity contribution in [3.05, 3.63) is 58.0 Å². The molecular formula is C22H24ClF2N3. The molecule has 3 nitrogen and oxygen atoms in total. The van der Waals surface area contributed by atoms with Crippen LogP contribution in [0.4, 0.5) is 14.5 Å². The number of anilines is 1. The Kier molecular flexibility index (Phi) is 5.04. The van der Waals surface area contributed by atoms with Crippen LogP contribution >= 0.6 is 11.6 Å². The van der Waals surface area contributed by atoms with Crippen LogP contribution in [0.15, 0.2) is 46.9 Å². The molecule has 1 aromatic carbocycles. The van der Waals surface area contributed by atoms with Gasteiger partial charge in [-0.2, -0.15) is 5.10 Å². The summed E-state index contributed by atoms with van der Waals surface area (Å²) >= 11 is 6.61. The van der Waals surface area contributed by atoms with Gasteiger partial charge in [0.15, 0.2) is 0 Å². The van der Waals surface area contributed by atoms with E-state index in [4.69, 9.17) is 11.6 Å². The van der Waals surface area contributed by atoms with Crippen molar-refractivity contribution in [2.24, 2.45) is 13.0 Å². The molecule has 0 bridgehead atoms. The van der Waals surface area contributed by atoms with Crippen LogP contribution < -0.4 is 4.90 Å². The van der Waals surface area contributed by atoms with Crippen LogP contribution in [-0.4, -0.2) is 16.3 Å². The molecule has 1 aromatic heterocycles. The van der Waals surface area contributed by atoms with Crippen molar-refractivity contribution in [2.75, 3.05) is 11.4 Å². The van der Waals surface area contributed by atoms with E-state index in [2.05, 4.69) is 23.8 Å². The third kappa shape index (κ3) is 3.37. The SMILES string of the molecule is CC1=CC(Cl)=C(N2CCCc3cc(-c4cnn(C)c4)c(C(F)F)cc32)C(C)C1. The summed E-state index contributed by atoms with van der Waals surface area (Å²) in [6.45, 7) is 5.03. The number of allylic oxidation sites excluding steroid dienone is 4. The minimum absolute atomic E-state index is 0.0468. The third-order valence-electron chi connectivity index (χ3n) is 5.62. The fraction of sp³-hybridized carbons (Fsp3) is 0.409. The molecule has 2 aliphatic rings. The van der Waals surface area contributed by atoms with Crippen LogP contribution in [0.1, 0.15) is 44.2 Å². The van der Waals surface area contributed by atoms with E-state index >= 15 is 0 Å². The second-order valence-corrected chi connectivity index (χ2v) is 8.26. The molecule has 0 fully saturated rings. The molecule has 148 valence electrons. The number of nitrogens with zero attached hydrogens (tertiary/aromatic N) is 3. The minimum atomic E-state index is -2.56. The maximum atomic E-state index is 14.0.